The van der Waals surface area contributed by atoms with Crippen LogP contribution in [-0.4, -0.2) is 35.1 Å². The highest BCUT2D eigenvalue weighted by atomic mass is 35.5. The van der Waals surface area contributed by atoms with Crippen molar-refractivity contribution >= 4 is 35.2 Å². The number of nitrogens with one attached hydrogen (secondary N) is 1. The molecular formula is C30H34ClFN2O2S. The minimum atomic E-state index is -0.689. The Kier molecular flexibility index (Phi) is 11.0. The van der Waals surface area contributed by atoms with Gasteiger partial charge in [-0.25, -0.2) is 4.39 Å². The quantitative estimate of drug-likeness (QED) is 0.288. The lowest BCUT2D eigenvalue weighted by molar-refractivity contribution is -0.139. The van der Waals surface area contributed by atoms with Gasteiger partial charge in [0, 0.05) is 35.8 Å². The lowest BCUT2D eigenvalue weighted by atomic mass is 10.0. The molecule has 0 radical (unpaired) electrons. The molecule has 0 aromatic heterocycles. The standard InChI is InChI=1S/C30H34ClFN2O2S/c1-21(2)17-33-30(36)28(16-23-11-5-4-6-12-23)34(18-24-13-8-7-10-22(24)3)29(35)20-37-19-25-26(31)14-9-15-27(25)32/h4-15,21,28H,16-20H2,1-3H3,(H,33,36)/t28-/m1/s1. The number of aryl methyl sites for hydroxylation is 1. The van der Waals surface area contributed by atoms with E-state index in [2.05, 4.69) is 5.32 Å². The molecule has 0 bridgehead atoms. The number of nitrogens with zero attached hydrogens (tertiary/aromatic N) is 1. The van der Waals surface area contributed by atoms with Crippen LogP contribution in [0.5, 0.6) is 0 Å². The molecule has 196 valence electrons. The summed E-state index contributed by atoms with van der Waals surface area (Å²) >= 11 is 7.47. The molecule has 1 atom stereocenters. The molecule has 2 amide bonds. The summed E-state index contributed by atoms with van der Waals surface area (Å²) in [5.41, 5.74) is 3.38. The second-order valence-corrected chi connectivity index (χ2v) is 10.9. The molecular weight excluding hydrogens is 507 g/mol. The molecule has 0 heterocycles. The molecule has 3 aromatic rings. The largest absolute Gasteiger partial charge is 0.354 e. The van der Waals surface area contributed by atoms with Gasteiger partial charge in [0.15, 0.2) is 0 Å². The molecule has 1 N–H and O–H groups in total. The molecule has 0 aliphatic heterocycles. The van der Waals surface area contributed by atoms with Crippen LogP contribution in [0.2, 0.25) is 5.02 Å². The van der Waals surface area contributed by atoms with Crippen molar-refractivity contribution in [3.05, 3.63) is 106 Å². The van der Waals surface area contributed by atoms with E-state index in [0.717, 1.165) is 16.7 Å². The predicted molar refractivity (Wildman–Crippen MR) is 151 cm³/mol. The van der Waals surface area contributed by atoms with Gasteiger partial charge in [0.25, 0.3) is 0 Å². The fraction of sp³-hybridized carbons (Fsp3) is 0.333. The zero-order valence-electron chi connectivity index (χ0n) is 21.5. The van der Waals surface area contributed by atoms with E-state index in [1.54, 1.807) is 17.0 Å². The molecule has 0 saturated heterocycles. The minimum absolute atomic E-state index is 0.0965. The molecule has 0 spiro atoms. The van der Waals surface area contributed by atoms with Crippen LogP contribution in [0.4, 0.5) is 4.39 Å². The van der Waals surface area contributed by atoms with Crippen LogP contribution in [0.3, 0.4) is 0 Å². The molecule has 0 fully saturated rings. The van der Waals surface area contributed by atoms with Crippen LogP contribution in [0.25, 0.3) is 0 Å². The van der Waals surface area contributed by atoms with Gasteiger partial charge >= 0.3 is 0 Å². The summed E-state index contributed by atoms with van der Waals surface area (Å²) in [7, 11) is 0. The maximum atomic E-state index is 14.2. The summed E-state index contributed by atoms with van der Waals surface area (Å²) < 4.78 is 14.2. The number of halogens is 2. The van der Waals surface area contributed by atoms with Gasteiger partial charge in [-0.3, -0.25) is 9.59 Å². The van der Waals surface area contributed by atoms with Crippen LogP contribution in [0, 0.1) is 18.7 Å². The summed E-state index contributed by atoms with van der Waals surface area (Å²) in [6, 6.07) is 21.5. The van der Waals surface area contributed by atoms with Gasteiger partial charge in [-0.05, 0) is 41.7 Å². The lowest BCUT2D eigenvalue weighted by Crippen LogP contribution is -2.51. The molecule has 4 nitrogen and oxygen atoms in total. The van der Waals surface area contributed by atoms with E-state index in [1.807, 2.05) is 75.4 Å². The van der Waals surface area contributed by atoms with E-state index < -0.39 is 6.04 Å². The number of hydrogen-bond acceptors (Lipinski definition) is 3. The highest BCUT2D eigenvalue weighted by Crippen LogP contribution is 2.25. The van der Waals surface area contributed by atoms with Gasteiger partial charge < -0.3 is 10.2 Å². The van der Waals surface area contributed by atoms with Crippen LogP contribution >= 0.6 is 23.4 Å². The van der Waals surface area contributed by atoms with Crippen molar-refractivity contribution in [1.29, 1.82) is 0 Å². The minimum Gasteiger partial charge on any atom is -0.354 e. The first-order valence-corrected chi connectivity index (χ1v) is 14.0. The van der Waals surface area contributed by atoms with Crippen molar-refractivity contribution < 1.29 is 14.0 Å². The smallest absolute Gasteiger partial charge is 0.243 e. The van der Waals surface area contributed by atoms with E-state index in [9.17, 15) is 14.0 Å². The Hall–Kier alpha value is -2.83. The van der Waals surface area contributed by atoms with Gasteiger partial charge in [0.2, 0.25) is 11.8 Å². The fourth-order valence-corrected chi connectivity index (χ4v) is 5.19. The van der Waals surface area contributed by atoms with Gasteiger partial charge in [0.1, 0.15) is 11.9 Å². The van der Waals surface area contributed by atoms with E-state index in [4.69, 9.17) is 11.6 Å². The van der Waals surface area contributed by atoms with E-state index in [0.29, 0.717) is 30.1 Å². The Morgan fingerprint density at radius 3 is 2.38 bits per heavy atom. The fourth-order valence-electron chi connectivity index (χ4n) is 3.94. The van der Waals surface area contributed by atoms with Crippen LogP contribution in [0.1, 0.15) is 36.1 Å². The maximum absolute atomic E-state index is 14.2. The Bertz CT molecular complexity index is 1170. The second kappa shape index (κ2) is 14.2. The molecule has 3 aromatic carbocycles. The molecule has 7 heteroatoms. The molecule has 0 aliphatic rings. The Labute approximate surface area is 228 Å². The third-order valence-electron chi connectivity index (χ3n) is 6.09. The summed E-state index contributed by atoms with van der Waals surface area (Å²) in [5.74, 6) is -0.109. The molecule has 37 heavy (non-hydrogen) atoms. The van der Waals surface area contributed by atoms with E-state index in [-0.39, 0.29) is 35.1 Å². The van der Waals surface area contributed by atoms with Crippen molar-refractivity contribution in [3.8, 4) is 0 Å². The predicted octanol–water partition coefficient (Wildman–Crippen LogP) is 6.43. The van der Waals surface area contributed by atoms with Crippen molar-refractivity contribution in [1.82, 2.24) is 10.2 Å². The van der Waals surface area contributed by atoms with Crippen molar-refractivity contribution in [3.63, 3.8) is 0 Å². The summed E-state index contributed by atoms with van der Waals surface area (Å²) in [5, 5.41) is 3.37. The number of thioether (sulfide) groups is 1. The first-order chi connectivity index (χ1) is 17.8. The Morgan fingerprint density at radius 2 is 1.70 bits per heavy atom. The first-order valence-electron chi connectivity index (χ1n) is 12.4. The van der Waals surface area contributed by atoms with E-state index >= 15 is 0 Å². The molecule has 0 aliphatic carbocycles. The Balaban J connectivity index is 1.87. The van der Waals surface area contributed by atoms with Crippen LogP contribution < -0.4 is 5.32 Å². The molecule has 3 rings (SSSR count). The molecule has 0 saturated carbocycles. The number of carbonyl (C=O) groups is 2. The number of amides is 2. The zero-order chi connectivity index (χ0) is 26.8. The third-order valence-corrected chi connectivity index (χ3v) is 7.39. The Morgan fingerprint density at radius 1 is 1.00 bits per heavy atom. The van der Waals surface area contributed by atoms with Crippen LogP contribution in [0.15, 0.2) is 72.8 Å². The average Bonchev–Trinajstić information content (AvgIpc) is 2.88. The number of carbonyl (C=O) groups excluding carboxylic acids is 2. The topological polar surface area (TPSA) is 49.4 Å². The highest BCUT2D eigenvalue weighted by molar-refractivity contribution is 7.99. The zero-order valence-corrected chi connectivity index (χ0v) is 23.1. The van der Waals surface area contributed by atoms with Crippen LogP contribution in [-0.2, 0) is 28.3 Å². The van der Waals surface area contributed by atoms with Gasteiger partial charge in [-0.1, -0.05) is 86.1 Å². The summed E-state index contributed by atoms with van der Waals surface area (Å²) in [6.45, 7) is 6.90. The number of hydrogen-bond donors (Lipinski definition) is 1. The van der Waals surface area contributed by atoms with Gasteiger partial charge in [-0.15, -0.1) is 11.8 Å². The normalized spacial score (nSPS) is 11.8. The average molecular weight is 541 g/mol. The lowest BCUT2D eigenvalue weighted by Gasteiger charge is -2.32. The van der Waals surface area contributed by atoms with Gasteiger partial charge in [0.05, 0.1) is 5.75 Å². The van der Waals surface area contributed by atoms with E-state index in [1.165, 1.54) is 17.8 Å². The number of rotatable bonds is 12. The number of benzene rings is 3. The highest BCUT2D eigenvalue weighted by Gasteiger charge is 2.30. The summed E-state index contributed by atoms with van der Waals surface area (Å²) in [4.78, 5) is 28.8. The van der Waals surface area contributed by atoms with Gasteiger partial charge in [-0.2, -0.15) is 0 Å². The first kappa shape index (κ1) is 28.7. The summed E-state index contributed by atoms with van der Waals surface area (Å²) in [6.07, 6.45) is 0.395. The van der Waals surface area contributed by atoms with Crippen molar-refractivity contribution in [2.75, 3.05) is 12.3 Å². The molecule has 0 unspecified atom stereocenters. The SMILES string of the molecule is Cc1ccccc1CN(C(=O)CSCc1c(F)cccc1Cl)[C@H](Cc1ccccc1)C(=O)NCC(C)C. The van der Waals surface area contributed by atoms with Crippen molar-refractivity contribution in [2.45, 2.75) is 45.5 Å². The van der Waals surface area contributed by atoms with Crippen molar-refractivity contribution in [2.24, 2.45) is 5.92 Å². The maximum Gasteiger partial charge on any atom is 0.243 e. The second-order valence-electron chi connectivity index (χ2n) is 9.49. The third kappa shape index (κ3) is 8.61. The monoisotopic (exact) mass is 540 g/mol.